The Morgan fingerprint density at radius 1 is 1.45 bits per heavy atom. The van der Waals surface area contributed by atoms with Crippen LogP contribution in [0.5, 0.6) is 0 Å². The van der Waals surface area contributed by atoms with Gasteiger partial charge in [-0.05, 0) is 31.2 Å². The van der Waals surface area contributed by atoms with Gasteiger partial charge in [0.15, 0.2) is 6.29 Å². The summed E-state index contributed by atoms with van der Waals surface area (Å²) in [5, 5.41) is 4.03. The van der Waals surface area contributed by atoms with E-state index in [4.69, 9.17) is 0 Å². The van der Waals surface area contributed by atoms with Crippen molar-refractivity contribution in [2.75, 3.05) is 7.11 Å². The highest BCUT2D eigenvalue weighted by molar-refractivity contribution is 5.89. The van der Waals surface area contributed by atoms with Crippen molar-refractivity contribution in [1.29, 1.82) is 0 Å². The van der Waals surface area contributed by atoms with Crippen LogP contribution in [0.3, 0.4) is 0 Å². The fourth-order valence-electron chi connectivity index (χ4n) is 1.86. The zero-order valence-corrected chi connectivity index (χ0v) is 11.1. The Kier molecular flexibility index (Phi) is 3.93. The minimum Gasteiger partial charge on any atom is -0.465 e. The summed E-state index contributed by atoms with van der Waals surface area (Å²) in [5.74, 6) is -0.975. The van der Waals surface area contributed by atoms with E-state index in [2.05, 4.69) is 9.84 Å². The molecule has 0 saturated heterocycles. The lowest BCUT2D eigenvalue weighted by atomic mass is 10.1. The number of benzene rings is 1. The molecule has 1 heterocycles. The third-order valence-electron chi connectivity index (χ3n) is 2.91. The SMILES string of the molecule is COC(=O)c1ccc(F)c(Cn2nc(C=O)cc2C)c1. The van der Waals surface area contributed by atoms with Crippen LogP contribution in [-0.2, 0) is 11.3 Å². The quantitative estimate of drug-likeness (QED) is 0.633. The maximum Gasteiger partial charge on any atom is 0.337 e. The highest BCUT2D eigenvalue weighted by Gasteiger charge is 2.12. The number of halogens is 1. The Balaban J connectivity index is 2.34. The summed E-state index contributed by atoms with van der Waals surface area (Å²) in [6.07, 6.45) is 0.630. The van der Waals surface area contributed by atoms with Crippen molar-refractivity contribution in [3.8, 4) is 0 Å². The van der Waals surface area contributed by atoms with Gasteiger partial charge >= 0.3 is 5.97 Å². The summed E-state index contributed by atoms with van der Waals surface area (Å²) in [7, 11) is 1.26. The molecule has 2 rings (SSSR count). The molecule has 0 fully saturated rings. The average Bonchev–Trinajstić information content (AvgIpc) is 2.81. The summed E-state index contributed by atoms with van der Waals surface area (Å²) in [4.78, 5) is 22.1. The molecule has 0 aliphatic heterocycles. The van der Waals surface area contributed by atoms with Crippen LogP contribution in [0.2, 0.25) is 0 Å². The molecule has 0 unspecified atom stereocenters. The number of rotatable bonds is 4. The van der Waals surface area contributed by atoms with E-state index in [-0.39, 0.29) is 17.8 Å². The van der Waals surface area contributed by atoms with Gasteiger partial charge in [0.2, 0.25) is 0 Å². The van der Waals surface area contributed by atoms with E-state index < -0.39 is 11.8 Å². The van der Waals surface area contributed by atoms with Gasteiger partial charge in [-0.3, -0.25) is 9.48 Å². The van der Waals surface area contributed by atoms with Gasteiger partial charge in [0, 0.05) is 11.3 Å². The zero-order valence-electron chi connectivity index (χ0n) is 11.1. The number of carbonyl (C=O) groups is 2. The number of ether oxygens (including phenoxy) is 1. The predicted octanol–water partition coefficient (Wildman–Crippen LogP) is 1.98. The maximum absolute atomic E-state index is 13.8. The van der Waals surface area contributed by atoms with Gasteiger partial charge in [-0.1, -0.05) is 0 Å². The number of hydrogen-bond acceptors (Lipinski definition) is 4. The lowest BCUT2D eigenvalue weighted by Crippen LogP contribution is -2.08. The molecular weight excluding hydrogens is 263 g/mol. The minimum atomic E-state index is -0.531. The van der Waals surface area contributed by atoms with Crippen LogP contribution < -0.4 is 0 Å². The highest BCUT2D eigenvalue weighted by Crippen LogP contribution is 2.14. The van der Waals surface area contributed by atoms with Gasteiger partial charge in [-0.2, -0.15) is 5.10 Å². The molecule has 0 amide bonds. The third-order valence-corrected chi connectivity index (χ3v) is 2.91. The van der Waals surface area contributed by atoms with Crippen LogP contribution in [0.4, 0.5) is 4.39 Å². The molecule has 0 aliphatic rings. The smallest absolute Gasteiger partial charge is 0.337 e. The molecule has 0 aliphatic carbocycles. The number of carbonyl (C=O) groups excluding carboxylic acids is 2. The number of aryl methyl sites for hydroxylation is 1. The second kappa shape index (κ2) is 5.64. The number of methoxy groups -OCH3 is 1. The van der Waals surface area contributed by atoms with Crippen molar-refractivity contribution < 1.29 is 18.7 Å². The molecule has 0 N–H and O–H groups in total. The Morgan fingerprint density at radius 3 is 2.80 bits per heavy atom. The Labute approximate surface area is 115 Å². The van der Waals surface area contributed by atoms with Crippen molar-refractivity contribution >= 4 is 12.3 Å². The first-order chi connectivity index (χ1) is 9.55. The van der Waals surface area contributed by atoms with Gasteiger partial charge in [0.05, 0.1) is 19.2 Å². The molecule has 6 heteroatoms. The predicted molar refractivity (Wildman–Crippen MR) is 69.2 cm³/mol. The van der Waals surface area contributed by atoms with Gasteiger partial charge in [0.1, 0.15) is 11.5 Å². The molecule has 0 atom stereocenters. The summed E-state index contributed by atoms with van der Waals surface area (Å²) < 4.78 is 19.9. The highest BCUT2D eigenvalue weighted by atomic mass is 19.1. The van der Waals surface area contributed by atoms with Crippen LogP contribution in [0.1, 0.15) is 32.1 Å². The van der Waals surface area contributed by atoms with Gasteiger partial charge in [0.25, 0.3) is 0 Å². The fourth-order valence-corrected chi connectivity index (χ4v) is 1.86. The number of aromatic nitrogens is 2. The topological polar surface area (TPSA) is 61.2 Å². The van der Waals surface area contributed by atoms with Crippen LogP contribution in [-0.4, -0.2) is 29.1 Å². The number of nitrogens with zero attached hydrogens (tertiary/aromatic N) is 2. The average molecular weight is 276 g/mol. The molecule has 0 saturated carbocycles. The van der Waals surface area contributed by atoms with Gasteiger partial charge in [-0.15, -0.1) is 0 Å². The van der Waals surface area contributed by atoms with E-state index in [1.165, 1.54) is 30.0 Å². The van der Waals surface area contributed by atoms with E-state index >= 15 is 0 Å². The first kappa shape index (κ1) is 13.9. The van der Waals surface area contributed by atoms with Crippen LogP contribution in [0, 0.1) is 12.7 Å². The largest absolute Gasteiger partial charge is 0.465 e. The second-order valence-corrected chi connectivity index (χ2v) is 4.28. The van der Waals surface area contributed by atoms with E-state index in [9.17, 15) is 14.0 Å². The second-order valence-electron chi connectivity index (χ2n) is 4.28. The molecule has 2 aromatic rings. The van der Waals surface area contributed by atoms with Crippen LogP contribution in [0.25, 0.3) is 0 Å². The molecule has 20 heavy (non-hydrogen) atoms. The monoisotopic (exact) mass is 276 g/mol. The zero-order chi connectivity index (χ0) is 14.7. The third kappa shape index (κ3) is 2.74. The molecular formula is C14H13FN2O3. The molecule has 104 valence electrons. The lowest BCUT2D eigenvalue weighted by Gasteiger charge is -2.07. The van der Waals surface area contributed by atoms with Crippen molar-refractivity contribution in [3.63, 3.8) is 0 Å². The van der Waals surface area contributed by atoms with Crippen molar-refractivity contribution in [2.45, 2.75) is 13.5 Å². The normalized spacial score (nSPS) is 10.3. The van der Waals surface area contributed by atoms with E-state index in [0.717, 1.165) is 5.69 Å². The van der Waals surface area contributed by atoms with Crippen molar-refractivity contribution in [2.24, 2.45) is 0 Å². The Hall–Kier alpha value is -2.50. The van der Waals surface area contributed by atoms with Crippen LogP contribution in [0.15, 0.2) is 24.3 Å². The standard InChI is InChI=1S/C14H13FN2O3/c1-9-5-12(8-18)16-17(9)7-11-6-10(14(19)20-2)3-4-13(11)15/h3-6,8H,7H2,1-2H3. The summed E-state index contributed by atoms with van der Waals surface area (Å²) in [6.45, 7) is 1.90. The lowest BCUT2D eigenvalue weighted by molar-refractivity contribution is 0.0600. The van der Waals surface area contributed by atoms with Gasteiger partial charge < -0.3 is 4.74 Å². The van der Waals surface area contributed by atoms with Crippen LogP contribution >= 0.6 is 0 Å². The van der Waals surface area contributed by atoms with Crippen molar-refractivity contribution in [1.82, 2.24) is 9.78 Å². The molecule has 0 bridgehead atoms. The first-order valence-electron chi connectivity index (χ1n) is 5.91. The number of hydrogen-bond donors (Lipinski definition) is 0. The summed E-state index contributed by atoms with van der Waals surface area (Å²) >= 11 is 0. The molecule has 5 nitrogen and oxygen atoms in total. The molecule has 1 aromatic carbocycles. The fraction of sp³-hybridized carbons (Fsp3) is 0.214. The van der Waals surface area contributed by atoms with E-state index in [1.807, 2.05) is 0 Å². The molecule has 1 aromatic heterocycles. The molecule has 0 spiro atoms. The summed E-state index contributed by atoms with van der Waals surface area (Å²) in [6, 6.07) is 5.59. The number of esters is 1. The molecule has 0 radical (unpaired) electrons. The van der Waals surface area contributed by atoms with Gasteiger partial charge in [-0.25, -0.2) is 9.18 Å². The Bertz CT molecular complexity index is 664. The van der Waals surface area contributed by atoms with E-state index in [0.29, 0.717) is 11.8 Å². The van der Waals surface area contributed by atoms with Crippen molar-refractivity contribution in [3.05, 3.63) is 52.6 Å². The maximum atomic E-state index is 13.8. The minimum absolute atomic E-state index is 0.135. The Morgan fingerprint density at radius 2 is 2.20 bits per heavy atom. The number of aldehydes is 1. The van der Waals surface area contributed by atoms with E-state index in [1.54, 1.807) is 13.0 Å². The first-order valence-corrected chi connectivity index (χ1v) is 5.91. The summed E-state index contributed by atoms with van der Waals surface area (Å²) in [5.41, 5.74) is 1.59.